The van der Waals surface area contributed by atoms with Gasteiger partial charge in [0, 0.05) is 24.2 Å². The third-order valence-electron chi connectivity index (χ3n) is 2.98. The predicted octanol–water partition coefficient (Wildman–Crippen LogP) is 2.96. The molecule has 0 bridgehead atoms. The maximum absolute atomic E-state index is 6.02. The van der Waals surface area contributed by atoms with Crippen molar-refractivity contribution in [3.8, 4) is 0 Å². The van der Waals surface area contributed by atoms with Crippen LogP contribution in [0.3, 0.4) is 0 Å². The van der Waals surface area contributed by atoms with E-state index >= 15 is 0 Å². The van der Waals surface area contributed by atoms with Crippen LogP contribution in [0, 0.1) is 0 Å². The van der Waals surface area contributed by atoms with Crippen LogP contribution in [0.4, 0.5) is 0 Å². The van der Waals surface area contributed by atoms with Crippen LogP contribution in [0.1, 0.15) is 24.9 Å². The lowest BCUT2D eigenvalue weighted by atomic mass is 10.0. The van der Waals surface area contributed by atoms with Crippen molar-refractivity contribution in [3.05, 3.63) is 34.9 Å². The molecular weight excluding hydrogens is 260 g/mol. The minimum Gasteiger partial charge on any atom is -0.379 e. The number of hydrogen-bond donors (Lipinski definition) is 1. The van der Waals surface area contributed by atoms with E-state index in [4.69, 9.17) is 16.3 Å². The Bertz CT molecular complexity index is 358. The van der Waals surface area contributed by atoms with Crippen molar-refractivity contribution in [2.75, 3.05) is 40.4 Å². The van der Waals surface area contributed by atoms with Crippen molar-refractivity contribution in [2.45, 2.75) is 19.4 Å². The molecule has 0 aliphatic rings. The summed E-state index contributed by atoms with van der Waals surface area (Å²) in [7, 11) is 4.10. The van der Waals surface area contributed by atoms with Crippen molar-refractivity contribution in [1.82, 2.24) is 10.2 Å². The summed E-state index contributed by atoms with van der Waals surface area (Å²) in [5.41, 5.74) is 1.24. The highest BCUT2D eigenvalue weighted by molar-refractivity contribution is 6.30. The van der Waals surface area contributed by atoms with Crippen molar-refractivity contribution >= 4 is 11.6 Å². The van der Waals surface area contributed by atoms with Gasteiger partial charge in [-0.3, -0.25) is 0 Å². The summed E-state index contributed by atoms with van der Waals surface area (Å²) in [5.74, 6) is 0. The van der Waals surface area contributed by atoms with Crippen molar-refractivity contribution in [3.63, 3.8) is 0 Å². The fraction of sp³-hybridized carbons (Fsp3) is 0.600. The molecule has 0 saturated carbocycles. The van der Waals surface area contributed by atoms with Crippen LogP contribution in [-0.4, -0.2) is 45.3 Å². The Labute approximate surface area is 121 Å². The molecule has 1 aromatic carbocycles. The summed E-state index contributed by atoms with van der Waals surface area (Å²) in [6.45, 7) is 5.52. The Morgan fingerprint density at radius 2 is 2.11 bits per heavy atom. The van der Waals surface area contributed by atoms with Gasteiger partial charge in [-0.15, -0.1) is 0 Å². The molecule has 1 rings (SSSR count). The summed E-state index contributed by atoms with van der Waals surface area (Å²) in [5, 5.41) is 4.30. The van der Waals surface area contributed by atoms with Gasteiger partial charge in [0.05, 0.1) is 13.2 Å². The Kier molecular flexibility index (Phi) is 8.07. The molecule has 0 aliphatic heterocycles. The minimum atomic E-state index is 0.344. The number of nitrogens with one attached hydrogen (secondary N) is 1. The van der Waals surface area contributed by atoms with Crippen molar-refractivity contribution in [1.29, 1.82) is 0 Å². The summed E-state index contributed by atoms with van der Waals surface area (Å²) >= 11 is 6.02. The second-order valence-corrected chi connectivity index (χ2v) is 5.32. The molecule has 0 heterocycles. The number of halogens is 1. The molecule has 0 radical (unpaired) electrons. The molecule has 19 heavy (non-hydrogen) atoms. The molecule has 0 saturated heterocycles. The third kappa shape index (κ3) is 6.92. The first-order valence-corrected chi connectivity index (χ1v) is 7.22. The number of rotatable bonds is 9. The lowest BCUT2D eigenvalue weighted by molar-refractivity contribution is 0.117. The number of benzene rings is 1. The molecule has 1 atom stereocenters. The molecule has 4 heteroatoms. The van der Waals surface area contributed by atoms with Crippen LogP contribution >= 0.6 is 11.6 Å². The maximum Gasteiger partial charge on any atom is 0.0593 e. The Morgan fingerprint density at radius 1 is 1.32 bits per heavy atom. The second kappa shape index (κ2) is 9.32. The van der Waals surface area contributed by atoms with Gasteiger partial charge in [0.15, 0.2) is 0 Å². The van der Waals surface area contributed by atoms with E-state index in [9.17, 15) is 0 Å². The third-order valence-corrected chi connectivity index (χ3v) is 3.21. The number of hydrogen-bond acceptors (Lipinski definition) is 3. The molecule has 108 valence electrons. The normalized spacial score (nSPS) is 12.9. The quantitative estimate of drug-likeness (QED) is 0.706. The molecule has 1 aromatic rings. The standard InChI is InChI=1S/C15H25ClN2O/c1-4-15(13-6-5-7-14(16)12-13)17-8-10-19-11-9-18(2)3/h5-7,12,15,17H,4,8-11H2,1-3H3. The highest BCUT2D eigenvalue weighted by atomic mass is 35.5. The van der Waals surface area contributed by atoms with E-state index < -0.39 is 0 Å². The van der Waals surface area contributed by atoms with Gasteiger partial charge in [0.25, 0.3) is 0 Å². The van der Waals surface area contributed by atoms with Gasteiger partial charge < -0.3 is 15.0 Å². The van der Waals surface area contributed by atoms with Crippen molar-refractivity contribution < 1.29 is 4.74 Å². The lowest BCUT2D eigenvalue weighted by Gasteiger charge is -2.18. The number of ether oxygens (including phenoxy) is 1. The summed E-state index contributed by atoms with van der Waals surface area (Å²) in [6.07, 6.45) is 1.04. The monoisotopic (exact) mass is 284 g/mol. The molecule has 0 aliphatic carbocycles. The minimum absolute atomic E-state index is 0.344. The highest BCUT2D eigenvalue weighted by Gasteiger charge is 2.08. The zero-order chi connectivity index (χ0) is 14.1. The van der Waals surface area contributed by atoms with Gasteiger partial charge in [-0.05, 0) is 38.2 Å². The Hall–Kier alpha value is -0.610. The average molecular weight is 285 g/mol. The van der Waals surface area contributed by atoms with Gasteiger partial charge in [-0.2, -0.15) is 0 Å². The van der Waals surface area contributed by atoms with Gasteiger partial charge >= 0.3 is 0 Å². The molecule has 0 amide bonds. The van der Waals surface area contributed by atoms with Gasteiger partial charge in [-0.1, -0.05) is 30.7 Å². The predicted molar refractivity (Wildman–Crippen MR) is 81.9 cm³/mol. The van der Waals surface area contributed by atoms with Crippen LogP contribution in [0.25, 0.3) is 0 Å². The van der Waals surface area contributed by atoms with Crippen LogP contribution < -0.4 is 5.32 Å². The molecule has 0 fully saturated rings. The van der Waals surface area contributed by atoms with E-state index in [0.717, 1.165) is 37.7 Å². The summed E-state index contributed by atoms with van der Waals surface area (Å²) in [6, 6.07) is 8.38. The zero-order valence-corrected chi connectivity index (χ0v) is 12.9. The van der Waals surface area contributed by atoms with Gasteiger partial charge in [0.2, 0.25) is 0 Å². The van der Waals surface area contributed by atoms with E-state index in [1.54, 1.807) is 0 Å². The molecule has 0 spiro atoms. The van der Waals surface area contributed by atoms with Gasteiger partial charge in [0.1, 0.15) is 0 Å². The van der Waals surface area contributed by atoms with Gasteiger partial charge in [-0.25, -0.2) is 0 Å². The Morgan fingerprint density at radius 3 is 2.74 bits per heavy atom. The first kappa shape index (κ1) is 16.4. The molecular formula is C15H25ClN2O. The maximum atomic E-state index is 6.02. The molecule has 0 aromatic heterocycles. The molecule has 3 nitrogen and oxygen atoms in total. The second-order valence-electron chi connectivity index (χ2n) is 4.89. The average Bonchev–Trinajstić information content (AvgIpc) is 2.37. The highest BCUT2D eigenvalue weighted by Crippen LogP contribution is 2.19. The first-order valence-electron chi connectivity index (χ1n) is 6.84. The van der Waals surface area contributed by atoms with E-state index in [1.807, 2.05) is 32.3 Å². The van der Waals surface area contributed by atoms with E-state index in [-0.39, 0.29) is 0 Å². The summed E-state index contributed by atoms with van der Waals surface area (Å²) in [4.78, 5) is 2.12. The number of likely N-dealkylation sites (N-methyl/N-ethyl adjacent to an activating group) is 1. The van der Waals surface area contributed by atoms with Crippen molar-refractivity contribution in [2.24, 2.45) is 0 Å². The van der Waals surface area contributed by atoms with Crippen LogP contribution in [0.2, 0.25) is 5.02 Å². The lowest BCUT2D eigenvalue weighted by Crippen LogP contribution is -2.26. The first-order chi connectivity index (χ1) is 9.13. The van der Waals surface area contributed by atoms with E-state index in [1.165, 1.54) is 5.56 Å². The van der Waals surface area contributed by atoms with Crippen LogP contribution in [0.5, 0.6) is 0 Å². The smallest absolute Gasteiger partial charge is 0.0593 e. The number of nitrogens with zero attached hydrogens (tertiary/aromatic N) is 1. The summed E-state index contributed by atoms with van der Waals surface area (Å²) < 4.78 is 5.57. The fourth-order valence-corrected chi connectivity index (χ4v) is 2.07. The van der Waals surface area contributed by atoms with Crippen LogP contribution in [-0.2, 0) is 4.74 Å². The van der Waals surface area contributed by atoms with E-state index in [2.05, 4.69) is 23.2 Å². The van der Waals surface area contributed by atoms with Crippen LogP contribution in [0.15, 0.2) is 24.3 Å². The van der Waals surface area contributed by atoms with E-state index in [0.29, 0.717) is 6.04 Å². The molecule has 1 N–H and O–H groups in total. The largest absolute Gasteiger partial charge is 0.379 e. The molecule has 1 unspecified atom stereocenters. The topological polar surface area (TPSA) is 24.5 Å². The SMILES string of the molecule is CCC(NCCOCCN(C)C)c1cccc(Cl)c1. The Balaban J connectivity index is 2.26. The fourth-order valence-electron chi connectivity index (χ4n) is 1.88. The zero-order valence-electron chi connectivity index (χ0n) is 12.2.